The van der Waals surface area contributed by atoms with Gasteiger partial charge in [-0.15, -0.1) is 0 Å². The molecule has 140 valence electrons. The van der Waals surface area contributed by atoms with Gasteiger partial charge < -0.3 is 4.74 Å². The maximum atomic E-state index is 12.4. The summed E-state index contributed by atoms with van der Waals surface area (Å²) in [6, 6.07) is 10.9. The Morgan fingerprint density at radius 3 is 2.70 bits per heavy atom. The summed E-state index contributed by atoms with van der Waals surface area (Å²) in [5.74, 6) is 0.557. The Labute approximate surface area is 180 Å². The third kappa shape index (κ3) is 4.69. The lowest BCUT2D eigenvalue weighted by Gasteiger charge is -2.11. The lowest BCUT2D eigenvalue weighted by atomic mass is 10.1. The average Bonchev–Trinajstić information content (AvgIpc) is 2.90. The van der Waals surface area contributed by atoms with E-state index in [0.717, 1.165) is 15.6 Å². The van der Waals surface area contributed by atoms with Gasteiger partial charge in [0, 0.05) is 39.7 Å². The van der Waals surface area contributed by atoms with E-state index in [4.69, 9.17) is 27.9 Å². The van der Waals surface area contributed by atoms with Crippen molar-refractivity contribution < 1.29 is 9.53 Å². The van der Waals surface area contributed by atoms with Gasteiger partial charge in [-0.3, -0.25) is 14.7 Å². The number of carbonyl (C=O) groups is 1. The maximum absolute atomic E-state index is 12.4. The van der Waals surface area contributed by atoms with E-state index in [1.807, 2.05) is 30.3 Å². The lowest BCUT2D eigenvalue weighted by molar-refractivity contribution is -0.121. The summed E-state index contributed by atoms with van der Waals surface area (Å²) in [4.78, 5) is 18.6. The molecule has 0 aliphatic carbocycles. The Kier molecular flexibility index (Phi) is 6.52. The number of ether oxygens (including phenoxy) is 1. The van der Waals surface area contributed by atoms with Crippen LogP contribution >= 0.6 is 50.9 Å². The van der Waals surface area contributed by atoms with E-state index in [2.05, 4.69) is 20.9 Å². The van der Waals surface area contributed by atoms with Gasteiger partial charge in [0.2, 0.25) is 0 Å². The number of aliphatic imine (C=N–C) groups is 1. The van der Waals surface area contributed by atoms with E-state index < -0.39 is 0 Å². The lowest BCUT2D eigenvalue weighted by Crippen LogP contribution is -2.23. The molecule has 0 spiro atoms. The van der Waals surface area contributed by atoms with Gasteiger partial charge in [-0.05, 0) is 48.2 Å². The van der Waals surface area contributed by atoms with Crippen molar-refractivity contribution in [2.45, 2.75) is 6.61 Å². The van der Waals surface area contributed by atoms with Crippen LogP contribution in [0.5, 0.6) is 5.75 Å². The molecule has 2 aromatic rings. The van der Waals surface area contributed by atoms with Crippen LogP contribution in [0, 0.1) is 0 Å². The van der Waals surface area contributed by atoms with Gasteiger partial charge in [0.05, 0.1) is 4.91 Å². The zero-order valence-electron chi connectivity index (χ0n) is 14.5. The van der Waals surface area contributed by atoms with Gasteiger partial charge in [0.25, 0.3) is 5.91 Å². The fourth-order valence-electron chi connectivity index (χ4n) is 2.45. The summed E-state index contributed by atoms with van der Waals surface area (Å²) in [7, 11) is 3.37. The van der Waals surface area contributed by atoms with E-state index in [1.165, 1.54) is 16.7 Å². The monoisotopic (exact) mass is 484 g/mol. The molecule has 27 heavy (non-hydrogen) atoms. The van der Waals surface area contributed by atoms with Gasteiger partial charge in [-0.25, -0.2) is 0 Å². The fraction of sp³-hybridized carbons (Fsp3) is 0.158. The number of amidine groups is 1. The quantitative estimate of drug-likeness (QED) is 0.508. The number of carbonyl (C=O) groups excluding carboxylic acids is 1. The molecule has 0 radical (unpaired) electrons. The van der Waals surface area contributed by atoms with E-state index in [1.54, 1.807) is 26.2 Å². The average molecular weight is 486 g/mol. The van der Waals surface area contributed by atoms with Crippen molar-refractivity contribution >= 4 is 68.0 Å². The van der Waals surface area contributed by atoms with E-state index in [0.29, 0.717) is 25.9 Å². The molecule has 0 aromatic heterocycles. The van der Waals surface area contributed by atoms with E-state index in [-0.39, 0.29) is 12.5 Å². The number of thioether (sulfide) groups is 1. The molecule has 8 heteroatoms. The van der Waals surface area contributed by atoms with Gasteiger partial charge in [0.15, 0.2) is 5.17 Å². The molecule has 3 rings (SSSR count). The number of amides is 1. The van der Waals surface area contributed by atoms with Crippen molar-refractivity contribution in [1.82, 2.24) is 4.90 Å². The van der Waals surface area contributed by atoms with Crippen molar-refractivity contribution in [2.24, 2.45) is 4.99 Å². The first-order chi connectivity index (χ1) is 12.9. The first kappa shape index (κ1) is 20.3. The second kappa shape index (κ2) is 8.69. The highest BCUT2D eigenvalue weighted by molar-refractivity contribution is 9.10. The van der Waals surface area contributed by atoms with Gasteiger partial charge >= 0.3 is 0 Å². The van der Waals surface area contributed by atoms with Crippen LogP contribution in [0.2, 0.25) is 10.0 Å². The Morgan fingerprint density at radius 2 is 2.04 bits per heavy atom. The largest absolute Gasteiger partial charge is 0.488 e. The molecule has 1 fully saturated rings. The highest BCUT2D eigenvalue weighted by Crippen LogP contribution is 2.34. The molecule has 1 aliphatic heterocycles. The number of halogens is 3. The van der Waals surface area contributed by atoms with Crippen LogP contribution in [0.25, 0.3) is 6.08 Å². The van der Waals surface area contributed by atoms with Crippen LogP contribution in [0.4, 0.5) is 0 Å². The van der Waals surface area contributed by atoms with Crippen molar-refractivity contribution in [3.8, 4) is 5.75 Å². The third-order valence-corrected chi connectivity index (χ3v) is 6.08. The molecule has 2 aromatic carbocycles. The molecule has 0 saturated carbocycles. The molecule has 1 aliphatic rings. The minimum absolute atomic E-state index is 0.0905. The first-order valence-corrected chi connectivity index (χ1v) is 10.3. The summed E-state index contributed by atoms with van der Waals surface area (Å²) >= 11 is 17.0. The van der Waals surface area contributed by atoms with Crippen molar-refractivity contribution in [1.29, 1.82) is 0 Å². The first-order valence-electron chi connectivity index (χ1n) is 7.89. The number of likely N-dealkylation sites (N-methyl/N-ethyl adjacent to an activating group) is 1. The van der Waals surface area contributed by atoms with Crippen LogP contribution in [-0.2, 0) is 11.4 Å². The summed E-state index contributed by atoms with van der Waals surface area (Å²) in [5, 5.41) is 1.79. The van der Waals surface area contributed by atoms with E-state index in [9.17, 15) is 4.79 Å². The van der Waals surface area contributed by atoms with Gasteiger partial charge in [0.1, 0.15) is 12.4 Å². The molecule has 0 bridgehead atoms. The fourth-order valence-corrected chi connectivity index (χ4v) is 4.21. The smallest absolute Gasteiger partial charge is 0.266 e. The van der Waals surface area contributed by atoms with Crippen molar-refractivity contribution in [3.63, 3.8) is 0 Å². The SMILES string of the molecule is CN=C1S/C(=C\c2cc(Br)ccc2OCc2ccc(Cl)cc2Cl)C(=O)N1C. The molecule has 4 nitrogen and oxygen atoms in total. The minimum Gasteiger partial charge on any atom is -0.488 e. The summed E-state index contributed by atoms with van der Waals surface area (Å²) in [6.45, 7) is 0.288. The Balaban J connectivity index is 1.88. The molecule has 0 atom stereocenters. The van der Waals surface area contributed by atoms with Crippen LogP contribution in [0.1, 0.15) is 11.1 Å². The van der Waals surface area contributed by atoms with Crippen LogP contribution < -0.4 is 4.74 Å². The molecule has 0 N–H and O–H groups in total. The highest BCUT2D eigenvalue weighted by Gasteiger charge is 2.30. The number of rotatable bonds is 4. The predicted octanol–water partition coefficient (Wildman–Crippen LogP) is 5.87. The van der Waals surface area contributed by atoms with Gasteiger partial charge in [-0.1, -0.05) is 45.2 Å². The van der Waals surface area contributed by atoms with Crippen molar-refractivity contribution in [3.05, 3.63) is 66.9 Å². The Morgan fingerprint density at radius 1 is 1.26 bits per heavy atom. The standard InChI is InChI=1S/C19H15BrCl2N2O2S/c1-23-19-24(2)18(25)17(27-19)8-12-7-13(20)4-6-16(12)26-10-11-3-5-14(21)9-15(11)22/h3-9H,10H2,1-2H3/b17-8-,23-19?. The summed E-state index contributed by atoms with van der Waals surface area (Å²) < 4.78 is 6.86. The molecule has 0 unspecified atom stereocenters. The van der Waals surface area contributed by atoms with Gasteiger partial charge in [-0.2, -0.15) is 0 Å². The number of hydrogen-bond donors (Lipinski definition) is 0. The normalized spacial score (nSPS) is 17.2. The van der Waals surface area contributed by atoms with Crippen LogP contribution in [0.15, 0.2) is 50.8 Å². The molecule has 1 heterocycles. The number of nitrogens with zero attached hydrogens (tertiary/aromatic N) is 2. The zero-order valence-corrected chi connectivity index (χ0v) is 18.4. The van der Waals surface area contributed by atoms with Crippen LogP contribution in [-0.4, -0.2) is 30.1 Å². The number of hydrogen-bond acceptors (Lipinski definition) is 4. The molecular formula is C19H15BrCl2N2O2S. The second-order valence-corrected chi connectivity index (χ2v) is 8.46. The van der Waals surface area contributed by atoms with E-state index >= 15 is 0 Å². The topological polar surface area (TPSA) is 41.9 Å². The van der Waals surface area contributed by atoms with Crippen LogP contribution in [0.3, 0.4) is 0 Å². The third-order valence-electron chi connectivity index (χ3n) is 3.85. The second-order valence-electron chi connectivity index (χ2n) is 5.69. The van der Waals surface area contributed by atoms with Crippen molar-refractivity contribution in [2.75, 3.05) is 14.1 Å². The highest BCUT2D eigenvalue weighted by atomic mass is 79.9. The summed E-state index contributed by atoms with van der Waals surface area (Å²) in [5.41, 5.74) is 1.62. The number of benzene rings is 2. The molecule has 1 saturated heterocycles. The predicted molar refractivity (Wildman–Crippen MR) is 117 cm³/mol. The molecular weight excluding hydrogens is 471 g/mol. The Bertz CT molecular complexity index is 963. The maximum Gasteiger partial charge on any atom is 0.266 e. The molecule has 1 amide bonds. The minimum atomic E-state index is -0.0905. The summed E-state index contributed by atoms with van der Waals surface area (Å²) in [6.07, 6.45) is 1.81. The zero-order chi connectivity index (χ0) is 19.6. The Hall–Kier alpha value is -1.47.